The average molecular weight is 301 g/mol. The summed E-state index contributed by atoms with van der Waals surface area (Å²) in [5.41, 5.74) is -0.00419. The molecule has 0 spiro atoms. The molecule has 0 saturated heterocycles. The number of nitrogens with zero attached hydrogens (tertiary/aromatic N) is 1. The van der Waals surface area contributed by atoms with Gasteiger partial charge in [-0.05, 0) is 18.2 Å². The molecule has 2 rings (SSSR count). The molecule has 0 aromatic heterocycles. The number of rotatable bonds is 1. The highest BCUT2D eigenvalue weighted by Gasteiger charge is 2.36. The van der Waals surface area contributed by atoms with E-state index in [-0.39, 0.29) is 15.6 Å². The van der Waals surface area contributed by atoms with E-state index in [1.807, 2.05) is 0 Å². The quantitative estimate of drug-likeness (QED) is 0.862. The van der Waals surface area contributed by atoms with E-state index in [1.54, 1.807) is 0 Å². The maximum absolute atomic E-state index is 12.4. The number of alkyl halides is 3. The van der Waals surface area contributed by atoms with Crippen LogP contribution in [0.4, 0.5) is 18.9 Å². The topological polar surface area (TPSA) is 49.4 Å². The first-order valence-electron chi connectivity index (χ1n) is 4.80. The van der Waals surface area contributed by atoms with Gasteiger partial charge in [0.25, 0.3) is 0 Å². The minimum atomic E-state index is -4.42. The molecule has 0 fully saturated rings. The van der Waals surface area contributed by atoms with Gasteiger partial charge in [-0.1, -0.05) is 11.6 Å². The van der Waals surface area contributed by atoms with Gasteiger partial charge in [-0.2, -0.15) is 17.9 Å². The number of sulfonamides is 1. The maximum Gasteiger partial charge on any atom is 0.405 e. The van der Waals surface area contributed by atoms with Crippen LogP contribution < -0.4 is 9.62 Å². The standard InChI is InChI=1S/C9H8ClF3N2O2S/c10-6-1-2-7-8(3-6)18(16,17)14-5-15(7)4-9(11,12)13/h1-3,14H,4-5H2. The van der Waals surface area contributed by atoms with Crippen LogP contribution in [0.15, 0.2) is 23.1 Å². The van der Waals surface area contributed by atoms with Gasteiger partial charge in [0.1, 0.15) is 11.4 Å². The van der Waals surface area contributed by atoms with E-state index in [0.717, 1.165) is 11.0 Å². The first-order valence-corrected chi connectivity index (χ1v) is 6.66. The molecule has 0 saturated carbocycles. The predicted molar refractivity (Wildman–Crippen MR) is 60.0 cm³/mol. The average Bonchev–Trinajstić information content (AvgIpc) is 2.21. The van der Waals surface area contributed by atoms with E-state index in [0.29, 0.717) is 0 Å². The molecule has 1 aromatic rings. The molecule has 1 aromatic carbocycles. The van der Waals surface area contributed by atoms with Crippen molar-refractivity contribution in [2.75, 3.05) is 18.1 Å². The Morgan fingerprint density at radius 3 is 2.67 bits per heavy atom. The van der Waals surface area contributed by atoms with Crippen LogP contribution in [0.2, 0.25) is 5.02 Å². The Balaban J connectivity index is 2.47. The molecule has 0 aliphatic carbocycles. The Bertz CT molecular complexity index is 574. The van der Waals surface area contributed by atoms with Crippen molar-refractivity contribution in [1.82, 2.24) is 4.72 Å². The molecule has 1 aliphatic heterocycles. The van der Waals surface area contributed by atoms with Gasteiger partial charge in [0.05, 0.1) is 12.4 Å². The minimum Gasteiger partial charge on any atom is -0.348 e. The van der Waals surface area contributed by atoms with Crippen molar-refractivity contribution in [2.45, 2.75) is 11.1 Å². The van der Waals surface area contributed by atoms with Crippen LogP contribution in [0.5, 0.6) is 0 Å². The largest absolute Gasteiger partial charge is 0.405 e. The fourth-order valence-electron chi connectivity index (χ4n) is 1.65. The lowest BCUT2D eigenvalue weighted by molar-refractivity contribution is -0.119. The van der Waals surface area contributed by atoms with Crippen molar-refractivity contribution in [3.05, 3.63) is 23.2 Å². The summed E-state index contributed by atoms with van der Waals surface area (Å²) in [5, 5.41) is 0.146. The molecule has 0 amide bonds. The summed E-state index contributed by atoms with van der Waals surface area (Å²) < 4.78 is 62.5. The summed E-state index contributed by atoms with van der Waals surface area (Å²) >= 11 is 5.65. The predicted octanol–water partition coefficient (Wildman–Crippen LogP) is 1.96. The molecule has 0 unspecified atom stereocenters. The highest BCUT2D eigenvalue weighted by atomic mass is 35.5. The van der Waals surface area contributed by atoms with Gasteiger partial charge < -0.3 is 4.90 Å². The number of anilines is 1. The molecule has 0 radical (unpaired) electrons. The summed E-state index contributed by atoms with van der Waals surface area (Å²) in [6.07, 6.45) is -4.42. The number of nitrogens with one attached hydrogen (secondary N) is 1. The third-order valence-electron chi connectivity index (χ3n) is 2.37. The monoisotopic (exact) mass is 300 g/mol. The van der Waals surface area contributed by atoms with Crippen LogP contribution in [0, 0.1) is 0 Å². The van der Waals surface area contributed by atoms with Crippen molar-refractivity contribution in [1.29, 1.82) is 0 Å². The van der Waals surface area contributed by atoms with E-state index in [2.05, 4.69) is 4.72 Å². The molecular weight excluding hydrogens is 293 g/mol. The van der Waals surface area contributed by atoms with E-state index in [9.17, 15) is 21.6 Å². The summed E-state index contributed by atoms with van der Waals surface area (Å²) in [7, 11) is -3.80. The zero-order valence-electron chi connectivity index (χ0n) is 8.83. The summed E-state index contributed by atoms with van der Waals surface area (Å²) in [5.74, 6) is 0. The normalized spacial score (nSPS) is 18.6. The second kappa shape index (κ2) is 4.29. The van der Waals surface area contributed by atoms with Crippen molar-refractivity contribution >= 4 is 27.3 Å². The van der Waals surface area contributed by atoms with Crippen LogP contribution in [0.3, 0.4) is 0 Å². The molecule has 0 bridgehead atoms. The third kappa shape index (κ3) is 2.70. The molecular formula is C9H8ClF3N2O2S. The smallest absolute Gasteiger partial charge is 0.348 e. The lowest BCUT2D eigenvalue weighted by Crippen LogP contribution is -2.46. The van der Waals surface area contributed by atoms with Crippen molar-refractivity contribution < 1.29 is 21.6 Å². The summed E-state index contributed by atoms with van der Waals surface area (Å²) in [6, 6.07) is 3.74. The number of fused-ring (bicyclic) bond motifs is 1. The number of hydrogen-bond donors (Lipinski definition) is 1. The van der Waals surface area contributed by atoms with Crippen molar-refractivity contribution in [3.8, 4) is 0 Å². The molecule has 1 N–H and O–H groups in total. The lowest BCUT2D eigenvalue weighted by atomic mass is 10.3. The van der Waals surface area contributed by atoms with Gasteiger partial charge in [-0.3, -0.25) is 0 Å². The van der Waals surface area contributed by atoms with Gasteiger partial charge in [0.2, 0.25) is 10.0 Å². The second-order valence-corrected chi connectivity index (χ2v) is 5.90. The van der Waals surface area contributed by atoms with Crippen LogP contribution in [-0.2, 0) is 10.0 Å². The Kier molecular flexibility index (Phi) is 3.20. The first-order chi connectivity index (χ1) is 8.19. The fourth-order valence-corrected chi connectivity index (χ4v) is 3.12. The van der Waals surface area contributed by atoms with Gasteiger partial charge in [0, 0.05) is 5.02 Å². The molecule has 9 heteroatoms. The van der Waals surface area contributed by atoms with Crippen LogP contribution in [0.25, 0.3) is 0 Å². The Morgan fingerprint density at radius 1 is 1.39 bits per heavy atom. The van der Waals surface area contributed by atoms with Crippen LogP contribution in [-0.4, -0.2) is 27.8 Å². The summed E-state index contributed by atoms with van der Waals surface area (Å²) in [6.45, 7) is -1.65. The Hall–Kier alpha value is -0.990. The Morgan fingerprint density at radius 2 is 2.06 bits per heavy atom. The van der Waals surface area contributed by atoms with E-state index < -0.39 is 29.4 Å². The zero-order chi connectivity index (χ0) is 13.6. The highest BCUT2D eigenvalue weighted by molar-refractivity contribution is 7.89. The van der Waals surface area contributed by atoms with Crippen molar-refractivity contribution in [3.63, 3.8) is 0 Å². The van der Waals surface area contributed by atoms with Gasteiger partial charge in [0.15, 0.2) is 0 Å². The van der Waals surface area contributed by atoms with Gasteiger partial charge in [-0.25, -0.2) is 8.42 Å². The number of hydrogen-bond acceptors (Lipinski definition) is 3. The third-order valence-corrected chi connectivity index (χ3v) is 4.02. The first kappa shape index (κ1) is 13.4. The van der Waals surface area contributed by atoms with Gasteiger partial charge in [-0.15, -0.1) is 0 Å². The SMILES string of the molecule is O=S1(=O)NCN(CC(F)(F)F)c2ccc(Cl)cc21. The van der Waals surface area contributed by atoms with Crippen LogP contribution in [0.1, 0.15) is 0 Å². The highest BCUT2D eigenvalue weighted by Crippen LogP contribution is 2.32. The molecule has 1 heterocycles. The molecule has 100 valence electrons. The Labute approximate surface area is 106 Å². The molecule has 1 aliphatic rings. The fraction of sp³-hybridized carbons (Fsp3) is 0.333. The van der Waals surface area contributed by atoms with E-state index >= 15 is 0 Å². The number of benzene rings is 1. The minimum absolute atomic E-state index is 0.00419. The summed E-state index contributed by atoms with van der Waals surface area (Å²) in [4.78, 5) is 0.651. The second-order valence-electron chi connectivity index (χ2n) is 3.73. The lowest BCUT2D eigenvalue weighted by Gasteiger charge is -2.31. The van der Waals surface area contributed by atoms with E-state index in [1.165, 1.54) is 12.1 Å². The maximum atomic E-state index is 12.4. The number of halogens is 4. The zero-order valence-corrected chi connectivity index (χ0v) is 10.4. The molecule has 4 nitrogen and oxygen atoms in total. The van der Waals surface area contributed by atoms with Crippen LogP contribution >= 0.6 is 11.6 Å². The molecule has 18 heavy (non-hydrogen) atoms. The van der Waals surface area contributed by atoms with E-state index in [4.69, 9.17) is 11.6 Å². The van der Waals surface area contributed by atoms with Crippen molar-refractivity contribution in [2.24, 2.45) is 0 Å². The molecule has 0 atom stereocenters. The van der Waals surface area contributed by atoms with Gasteiger partial charge >= 0.3 is 6.18 Å².